The van der Waals surface area contributed by atoms with Gasteiger partial charge in [0.2, 0.25) is 0 Å². The third-order valence-corrected chi connectivity index (χ3v) is 2.47. The highest BCUT2D eigenvalue weighted by Crippen LogP contribution is 2.10. The molecule has 0 radical (unpaired) electrons. The van der Waals surface area contributed by atoms with Crippen molar-refractivity contribution in [3.63, 3.8) is 0 Å². The summed E-state index contributed by atoms with van der Waals surface area (Å²) in [6.45, 7) is 4.98. The molecule has 0 fully saturated rings. The largest absolute Gasteiger partial charge is 0.447 e. The minimum atomic E-state index is -0.375. The highest BCUT2D eigenvalue weighted by Gasteiger charge is 2.21. The predicted molar refractivity (Wildman–Crippen MR) is 61.4 cm³/mol. The molecule has 0 saturated heterocycles. The Morgan fingerprint density at radius 2 is 1.94 bits per heavy atom. The number of nitrogens with zero attached hydrogens (tertiary/aromatic N) is 1. The summed E-state index contributed by atoms with van der Waals surface area (Å²) in [5.41, 5.74) is 0. The zero-order valence-corrected chi connectivity index (χ0v) is 10.4. The molecule has 96 valence electrons. The van der Waals surface area contributed by atoms with Crippen LogP contribution >= 0.6 is 0 Å². The lowest BCUT2D eigenvalue weighted by Crippen LogP contribution is -2.42. The summed E-state index contributed by atoms with van der Waals surface area (Å²) >= 11 is 0. The van der Waals surface area contributed by atoms with Crippen LogP contribution in [-0.2, 0) is 9.47 Å². The van der Waals surface area contributed by atoms with Crippen molar-refractivity contribution < 1.29 is 19.4 Å². The zero-order chi connectivity index (χ0) is 12.4. The zero-order valence-electron chi connectivity index (χ0n) is 10.4. The Hall–Kier alpha value is -0.810. The number of hydrogen-bond donors (Lipinski definition) is 1. The minimum absolute atomic E-state index is 0.0441. The van der Waals surface area contributed by atoms with Gasteiger partial charge in [0.1, 0.15) is 6.61 Å². The van der Waals surface area contributed by atoms with Gasteiger partial charge in [0.15, 0.2) is 0 Å². The Morgan fingerprint density at radius 3 is 2.38 bits per heavy atom. The number of aliphatic hydroxyl groups excluding tert-OH is 1. The highest BCUT2D eigenvalue weighted by molar-refractivity contribution is 5.68. The average Bonchev–Trinajstić information content (AvgIpc) is 2.31. The van der Waals surface area contributed by atoms with Gasteiger partial charge in [-0.25, -0.2) is 4.79 Å². The van der Waals surface area contributed by atoms with Crippen LogP contribution in [0.2, 0.25) is 0 Å². The van der Waals surface area contributed by atoms with Crippen LogP contribution < -0.4 is 0 Å². The Bertz CT molecular complexity index is 183. The topological polar surface area (TPSA) is 59.0 Å². The molecule has 0 aromatic rings. The molecule has 0 saturated carbocycles. The van der Waals surface area contributed by atoms with Crippen molar-refractivity contribution in [1.82, 2.24) is 4.90 Å². The van der Waals surface area contributed by atoms with E-state index in [4.69, 9.17) is 14.6 Å². The molecule has 0 aliphatic carbocycles. The third kappa shape index (κ3) is 5.32. The highest BCUT2D eigenvalue weighted by atomic mass is 16.6. The van der Waals surface area contributed by atoms with Gasteiger partial charge in [-0.3, -0.25) is 0 Å². The summed E-state index contributed by atoms with van der Waals surface area (Å²) in [7, 11) is 1.60. The molecule has 0 rings (SSSR count). The fourth-order valence-electron chi connectivity index (χ4n) is 1.56. The van der Waals surface area contributed by atoms with Crippen LogP contribution in [0.15, 0.2) is 0 Å². The van der Waals surface area contributed by atoms with Crippen molar-refractivity contribution in [2.24, 2.45) is 0 Å². The van der Waals surface area contributed by atoms with Gasteiger partial charge in [0, 0.05) is 19.7 Å². The molecule has 5 nitrogen and oxygen atoms in total. The van der Waals surface area contributed by atoms with Crippen LogP contribution in [0.4, 0.5) is 4.79 Å². The Balaban J connectivity index is 4.32. The number of carbonyl (C=O) groups is 1. The molecule has 0 bridgehead atoms. The second kappa shape index (κ2) is 9.42. The van der Waals surface area contributed by atoms with Crippen molar-refractivity contribution >= 4 is 6.09 Å². The molecular weight excluding hydrogens is 210 g/mol. The van der Waals surface area contributed by atoms with Crippen molar-refractivity contribution in [1.29, 1.82) is 0 Å². The first-order valence-electron chi connectivity index (χ1n) is 5.74. The standard InChI is InChI=1S/C11H23NO4/c1-4-10(5-2)12(6-8-15-3)11(14)16-9-7-13/h10,13H,4-9H2,1-3H3. The Labute approximate surface area is 97.3 Å². The molecule has 0 aliphatic rings. The van der Waals surface area contributed by atoms with Gasteiger partial charge in [-0.15, -0.1) is 0 Å². The van der Waals surface area contributed by atoms with Crippen LogP contribution in [-0.4, -0.2) is 55.6 Å². The lowest BCUT2D eigenvalue weighted by molar-refractivity contribution is 0.0572. The van der Waals surface area contributed by atoms with E-state index in [0.717, 1.165) is 12.8 Å². The molecule has 0 aromatic carbocycles. The van der Waals surface area contributed by atoms with E-state index in [-0.39, 0.29) is 25.3 Å². The molecule has 0 aromatic heterocycles. The summed E-state index contributed by atoms with van der Waals surface area (Å²) in [6.07, 6.45) is 1.39. The summed E-state index contributed by atoms with van der Waals surface area (Å²) in [4.78, 5) is 13.4. The maximum Gasteiger partial charge on any atom is 0.410 e. The first-order valence-corrected chi connectivity index (χ1v) is 5.74. The van der Waals surface area contributed by atoms with Crippen molar-refractivity contribution in [2.75, 3.05) is 33.5 Å². The van der Waals surface area contributed by atoms with E-state index in [0.29, 0.717) is 13.2 Å². The van der Waals surface area contributed by atoms with E-state index in [1.165, 1.54) is 0 Å². The maximum atomic E-state index is 11.7. The van der Waals surface area contributed by atoms with Gasteiger partial charge >= 0.3 is 6.09 Å². The maximum absolute atomic E-state index is 11.7. The first-order chi connectivity index (χ1) is 7.71. The normalized spacial score (nSPS) is 10.6. The second-order valence-electron chi connectivity index (χ2n) is 3.49. The molecule has 0 atom stereocenters. The van der Waals surface area contributed by atoms with Gasteiger partial charge in [0.25, 0.3) is 0 Å². The van der Waals surface area contributed by atoms with Crippen LogP contribution in [0.1, 0.15) is 26.7 Å². The fraction of sp³-hybridized carbons (Fsp3) is 0.909. The molecule has 16 heavy (non-hydrogen) atoms. The van der Waals surface area contributed by atoms with Crippen molar-refractivity contribution in [3.8, 4) is 0 Å². The number of aliphatic hydroxyl groups is 1. The van der Waals surface area contributed by atoms with E-state index in [1.54, 1.807) is 12.0 Å². The number of carbonyl (C=O) groups excluding carboxylic acids is 1. The molecule has 0 spiro atoms. The summed E-state index contributed by atoms with van der Waals surface area (Å²) in [6, 6.07) is 0.168. The summed E-state index contributed by atoms with van der Waals surface area (Å²) in [5.74, 6) is 0. The molecule has 5 heteroatoms. The number of ether oxygens (including phenoxy) is 2. The molecule has 0 unspecified atom stereocenters. The van der Waals surface area contributed by atoms with Crippen molar-refractivity contribution in [3.05, 3.63) is 0 Å². The SMILES string of the molecule is CCC(CC)N(CCOC)C(=O)OCCO. The van der Waals surface area contributed by atoms with Gasteiger partial charge in [-0.1, -0.05) is 13.8 Å². The number of hydrogen-bond acceptors (Lipinski definition) is 4. The van der Waals surface area contributed by atoms with E-state index < -0.39 is 0 Å². The van der Waals surface area contributed by atoms with Crippen LogP contribution in [0.25, 0.3) is 0 Å². The number of methoxy groups -OCH3 is 1. The summed E-state index contributed by atoms with van der Waals surface area (Å²) < 4.78 is 9.88. The lowest BCUT2D eigenvalue weighted by Gasteiger charge is -2.29. The average molecular weight is 233 g/mol. The Morgan fingerprint density at radius 1 is 1.31 bits per heavy atom. The predicted octanol–water partition coefficient (Wildman–Crippen LogP) is 1.25. The quantitative estimate of drug-likeness (QED) is 0.685. The first kappa shape index (κ1) is 15.2. The van der Waals surface area contributed by atoms with Gasteiger partial charge in [-0.2, -0.15) is 0 Å². The van der Waals surface area contributed by atoms with Crippen LogP contribution in [0.3, 0.4) is 0 Å². The third-order valence-electron chi connectivity index (χ3n) is 2.47. The minimum Gasteiger partial charge on any atom is -0.447 e. The Kier molecular flexibility index (Phi) is 8.94. The second-order valence-corrected chi connectivity index (χ2v) is 3.49. The molecule has 1 amide bonds. The van der Waals surface area contributed by atoms with Gasteiger partial charge in [-0.05, 0) is 12.8 Å². The van der Waals surface area contributed by atoms with Gasteiger partial charge in [0.05, 0.1) is 13.2 Å². The number of rotatable bonds is 8. The van der Waals surface area contributed by atoms with E-state index in [2.05, 4.69) is 0 Å². The molecule has 0 aliphatic heterocycles. The van der Waals surface area contributed by atoms with E-state index in [9.17, 15) is 4.79 Å². The molecule has 1 N–H and O–H groups in total. The fourth-order valence-corrected chi connectivity index (χ4v) is 1.56. The monoisotopic (exact) mass is 233 g/mol. The summed E-state index contributed by atoms with van der Waals surface area (Å²) in [5, 5.41) is 8.61. The smallest absolute Gasteiger partial charge is 0.410 e. The van der Waals surface area contributed by atoms with Crippen molar-refractivity contribution in [2.45, 2.75) is 32.7 Å². The van der Waals surface area contributed by atoms with Crippen LogP contribution in [0.5, 0.6) is 0 Å². The van der Waals surface area contributed by atoms with E-state index >= 15 is 0 Å². The van der Waals surface area contributed by atoms with E-state index in [1.807, 2.05) is 13.8 Å². The molecule has 0 heterocycles. The molecular formula is C11H23NO4. The number of amides is 1. The van der Waals surface area contributed by atoms with Gasteiger partial charge < -0.3 is 19.5 Å². The van der Waals surface area contributed by atoms with Crippen LogP contribution in [0, 0.1) is 0 Å². The lowest BCUT2D eigenvalue weighted by atomic mass is 10.1.